The zero-order chi connectivity index (χ0) is 12.9. The van der Waals surface area contributed by atoms with Crippen LogP contribution in [0.1, 0.15) is 11.5 Å². The van der Waals surface area contributed by atoms with Gasteiger partial charge in [0, 0.05) is 0 Å². The Balaban J connectivity index is 1.55. The molecule has 0 unspecified atom stereocenters. The summed E-state index contributed by atoms with van der Waals surface area (Å²) in [6.07, 6.45) is 0. The maximum absolute atomic E-state index is 5.75. The van der Waals surface area contributed by atoms with Crippen LogP contribution in [0.2, 0.25) is 0 Å². The van der Waals surface area contributed by atoms with Gasteiger partial charge in [0.1, 0.15) is 0 Å². The molecule has 4 heteroatoms. The monoisotopic (exact) mass is 318 g/mol. The van der Waals surface area contributed by atoms with Crippen molar-refractivity contribution in [1.29, 1.82) is 0 Å². The summed E-state index contributed by atoms with van der Waals surface area (Å²) in [7, 11) is 0. The average molecular weight is 318 g/mol. The van der Waals surface area contributed by atoms with Crippen LogP contribution in [0.25, 0.3) is 0 Å². The van der Waals surface area contributed by atoms with E-state index >= 15 is 0 Å². The molecule has 19 heavy (non-hydrogen) atoms. The molecule has 0 radical (unpaired) electrons. The summed E-state index contributed by atoms with van der Waals surface area (Å²) >= 11 is -2.09. The molecule has 1 aliphatic heterocycles. The van der Waals surface area contributed by atoms with Crippen LogP contribution >= 0.6 is 0 Å². The fraction of sp³-hybridized carbons (Fsp3) is 0.200. The van der Waals surface area contributed by atoms with Gasteiger partial charge in [-0.05, 0) is 0 Å². The number of benzene rings is 2. The first-order valence-electron chi connectivity index (χ1n) is 6.26. The van der Waals surface area contributed by atoms with Gasteiger partial charge in [-0.3, -0.25) is 0 Å². The van der Waals surface area contributed by atoms with Crippen molar-refractivity contribution in [3.63, 3.8) is 0 Å². The van der Waals surface area contributed by atoms with Gasteiger partial charge in [0.05, 0.1) is 0 Å². The summed E-state index contributed by atoms with van der Waals surface area (Å²) in [5.74, 6) is 1.13. The Bertz CT molecular complexity index is 495. The van der Waals surface area contributed by atoms with E-state index in [1.165, 1.54) is 5.56 Å². The third-order valence-electron chi connectivity index (χ3n) is 2.96. The molecule has 0 aliphatic carbocycles. The van der Waals surface area contributed by atoms with Crippen LogP contribution in [0.15, 0.2) is 60.7 Å². The molecule has 0 amide bonds. The van der Waals surface area contributed by atoms with Crippen LogP contribution in [0, 0.1) is 0 Å². The standard InChI is InChI=1S/C15H15AsO3/c1-3-7-13(8-4-1)14-11-17-16(18-12-14)19-15-9-5-2-6-10-15/h1-10,14H,11-12H2. The quantitative estimate of drug-likeness (QED) is 0.815. The third-order valence-corrected chi connectivity index (χ3v) is 5.22. The Morgan fingerprint density at radius 3 is 2.05 bits per heavy atom. The maximum atomic E-state index is 5.75. The van der Waals surface area contributed by atoms with Gasteiger partial charge in [-0.25, -0.2) is 0 Å². The van der Waals surface area contributed by atoms with Crippen molar-refractivity contribution in [2.75, 3.05) is 13.2 Å². The van der Waals surface area contributed by atoms with Crippen LogP contribution < -0.4 is 3.73 Å². The van der Waals surface area contributed by atoms with Crippen molar-refractivity contribution >= 4 is 15.7 Å². The van der Waals surface area contributed by atoms with Crippen LogP contribution in [0.5, 0.6) is 5.75 Å². The predicted molar refractivity (Wildman–Crippen MR) is 73.9 cm³/mol. The first-order valence-corrected chi connectivity index (χ1v) is 8.55. The molecule has 2 aromatic carbocycles. The van der Waals surface area contributed by atoms with Crippen LogP contribution in [-0.2, 0) is 7.45 Å². The van der Waals surface area contributed by atoms with Crippen molar-refractivity contribution in [2.24, 2.45) is 0 Å². The molecule has 0 N–H and O–H groups in total. The molecular formula is C15H15AsO3. The summed E-state index contributed by atoms with van der Waals surface area (Å²) < 4.78 is 17.2. The van der Waals surface area contributed by atoms with Gasteiger partial charge in [0.15, 0.2) is 0 Å². The Labute approximate surface area is 118 Å². The Morgan fingerprint density at radius 2 is 1.42 bits per heavy atom. The SMILES string of the molecule is c1ccc(O[As]2OCC(c3ccccc3)CO2)cc1. The summed E-state index contributed by atoms with van der Waals surface area (Å²) in [5.41, 5.74) is 1.26. The molecule has 0 aromatic heterocycles. The zero-order valence-electron chi connectivity index (χ0n) is 10.4. The Morgan fingerprint density at radius 1 is 0.842 bits per heavy atom. The zero-order valence-corrected chi connectivity index (χ0v) is 12.3. The van der Waals surface area contributed by atoms with E-state index in [0.717, 1.165) is 5.75 Å². The Hall–Kier alpha value is -1.28. The molecule has 0 spiro atoms. The van der Waals surface area contributed by atoms with Gasteiger partial charge in [-0.2, -0.15) is 0 Å². The van der Waals surface area contributed by atoms with Gasteiger partial charge < -0.3 is 0 Å². The van der Waals surface area contributed by atoms with Gasteiger partial charge in [0.2, 0.25) is 0 Å². The van der Waals surface area contributed by atoms with Gasteiger partial charge in [-0.1, -0.05) is 0 Å². The van der Waals surface area contributed by atoms with Crippen molar-refractivity contribution in [1.82, 2.24) is 0 Å². The van der Waals surface area contributed by atoms with E-state index in [0.29, 0.717) is 19.1 Å². The predicted octanol–water partition coefficient (Wildman–Crippen LogP) is 2.88. The number of hydrogen-bond acceptors (Lipinski definition) is 3. The second-order valence-electron chi connectivity index (χ2n) is 4.33. The molecule has 1 fully saturated rings. The van der Waals surface area contributed by atoms with Crippen molar-refractivity contribution in [3.05, 3.63) is 66.2 Å². The molecule has 0 bridgehead atoms. The topological polar surface area (TPSA) is 27.7 Å². The van der Waals surface area contributed by atoms with E-state index in [-0.39, 0.29) is 0 Å². The summed E-state index contributed by atoms with van der Waals surface area (Å²) in [6, 6.07) is 20.0. The molecule has 0 atom stereocenters. The van der Waals surface area contributed by atoms with Gasteiger partial charge >= 0.3 is 118 Å². The first kappa shape index (κ1) is 12.7. The van der Waals surface area contributed by atoms with Crippen molar-refractivity contribution in [3.8, 4) is 5.75 Å². The second kappa shape index (κ2) is 6.24. The van der Waals surface area contributed by atoms with E-state index in [2.05, 4.69) is 12.1 Å². The minimum atomic E-state index is -2.09. The average Bonchev–Trinajstić information content (AvgIpc) is 2.50. The van der Waals surface area contributed by atoms with E-state index in [9.17, 15) is 0 Å². The Kier molecular flexibility index (Phi) is 4.19. The fourth-order valence-electron chi connectivity index (χ4n) is 1.92. The van der Waals surface area contributed by atoms with Gasteiger partial charge in [0.25, 0.3) is 0 Å². The molecular weight excluding hydrogens is 303 g/mol. The van der Waals surface area contributed by atoms with E-state index < -0.39 is 15.7 Å². The van der Waals surface area contributed by atoms with E-state index in [1.54, 1.807) is 0 Å². The second-order valence-corrected chi connectivity index (χ2v) is 6.73. The molecule has 2 aromatic rings. The molecule has 98 valence electrons. The molecule has 3 nitrogen and oxygen atoms in total. The molecule has 3 rings (SSSR count). The number of rotatable bonds is 3. The van der Waals surface area contributed by atoms with Crippen LogP contribution in [-0.4, -0.2) is 28.9 Å². The molecule has 0 saturated carbocycles. The molecule has 1 aliphatic rings. The number of hydrogen-bond donors (Lipinski definition) is 0. The molecule has 1 saturated heterocycles. The summed E-state index contributed by atoms with van der Waals surface area (Å²) in [6.45, 7) is 1.35. The van der Waals surface area contributed by atoms with Gasteiger partial charge in [-0.15, -0.1) is 0 Å². The first-order chi connectivity index (χ1) is 9.42. The van der Waals surface area contributed by atoms with Crippen molar-refractivity contribution < 1.29 is 11.2 Å². The minimum absolute atomic E-state index is 0.311. The fourth-order valence-corrected chi connectivity index (χ4v) is 4.18. The number of para-hydroxylation sites is 1. The van der Waals surface area contributed by atoms with Crippen molar-refractivity contribution in [2.45, 2.75) is 5.92 Å². The van der Waals surface area contributed by atoms with E-state index in [4.69, 9.17) is 11.2 Å². The van der Waals surface area contributed by atoms with E-state index in [1.807, 2.05) is 48.5 Å². The molecule has 1 heterocycles. The summed E-state index contributed by atoms with van der Waals surface area (Å²) in [5, 5.41) is 0. The third kappa shape index (κ3) is 3.38. The summed E-state index contributed by atoms with van der Waals surface area (Å²) in [4.78, 5) is 0. The normalized spacial score (nSPS) is 22.9. The van der Waals surface area contributed by atoms with Crippen LogP contribution in [0.4, 0.5) is 0 Å². The van der Waals surface area contributed by atoms with Crippen LogP contribution in [0.3, 0.4) is 0 Å².